The molecule has 1 aromatic carbocycles. The Morgan fingerprint density at radius 2 is 2.11 bits per heavy atom. The fourth-order valence-corrected chi connectivity index (χ4v) is 2.09. The first-order valence-corrected chi connectivity index (χ1v) is 6.44. The summed E-state index contributed by atoms with van der Waals surface area (Å²) < 4.78 is 10.5. The molecule has 0 amide bonds. The van der Waals surface area contributed by atoms with Gasteiger partial charge in [-0.05, 0) is 36.4 Å². The molecule has 3 heteroatoms. The first kappa shape index (κ1) is 13.4. The highest BCUT2D eigenvalue weighted by molar-refractivity contribution is 5.28. The zero-order chi connectivity index (χ0) is 13.5. The first-order valence-electron chi connectivity index (χ1n) is 6.44. The molecule has 3 nitrogen and oxygen atoms in total. The maximum Gasteiger partial charge on any atom is 0.157 e. The maximum absolute atomic E-state index is 5.36. The quantitative estimate of drug-likeness (QED) is 0.775. The number of furan rings is 1. The molecule has 1 aromatic heterocycles. The van der Waals surface area contributed by atoms with Crippen LogP contribution in [0.25, 0.3) is 0 Å². The predicted octanol–water partition coefficient (Wildman–Crippen LogP) is 2.67. The van der Waals surface area contributed by atoms with Gasteiger partial charge in [0.1, 0.15) is 18.3 Å². The third-order valence-electron chi connectivity index (χ3n) is 3.15. The van der Waals surface area contributed by atoms with Crippen LogP contribution in [0.3, 0.4) is 0 Å². The molecule has 100 valence electrons. The highest BCUT2D eigenvalue weighted by Crippen LogP contribution is 2.17. The van der Waals surface area contributed by atoms with E-state index in [1.54, 1.807) is 13.4 Å². The Bertz CT molecular complexity index is 488. The lowest BCUT2D eigenvalue weighted by Gasteiger charge is -2.14. The van der Waals surface area contributed by atoms with Gasteiger partial charge in [0.15, 0.2) is 5.76 Å². The van der Waals surface area contributed by atoms with Gasteiger partial charge in [-0.2, -0.15) is 0 Å². The van der Waals surface area contributed by atoms with Crippen molar-refractivity contribution in [3.63, 3.8) is 0 Å². The molecule has 0 unspecified atom stereocenters. The van der Waals surface area contributed by atoms with Crippen molar-refractivity contribution in [2.45, 2.75) is 19.0 Å². The van der Waals surface area contributed by atoms with Gasteiger partial charge in [0, 0.05) is 12.0 Å². The van der Waals surface area contributed by atoms with E-state index in [4.69, 9.17) is 9.15 Å². The van der Waals surface area contributed by atoms with Crippen molar-refractivity contribution in [3.05, 3.63) is 66.6 Å². The summed E-state index contributed by atoms with van der Waals surface area (Å²) in [5, 5.41) is 2.27. The first-order chi connectivity index (χ1) is 9.33. The average molecular weight is 258 g/mol. The van der Waals surface area contributed by atoms with Crippen LogP contribution in [0.1, 0.15) is 23.8 Å². The van der Waals surface area contributed by atoms with Gasteiger partial charge in [-0.1, -0.05) is 6.08 Å². The molecule has 1 heterocycles. The second-order valence-corrected chi connectivity index (χ2v) is 4.42. The van der Waals surface area contributed by atoms with Gasteiger partial charge < -0.3 is 14.5 Å². The minimum atomic E-state index is 0.355. The smallest absolute Gasteiger partial charge is 0.157 e. The summed E-state index contributed by atoms with van der Waals surface area (Å²) in [4.78, 5) is 0. The van der Waals surface area contributed by atoms with Crippen LogP contribution in [-0.2, 0) is 6.54 Å². The molecular formula is C16H20NO2+. The van der Waals surface area contributed by atoms with Crippen molar-refractivity contribution >= 4 is 0 Å². The Kier molecular flexibility index (Phi) is 4.81. The van der Waals surface area contributed by atoms with Gasteiger partial charge in [0.25, 0.3) is 0 Å². The van der Waals surface area contributed by atoms with Crippen LogP contribution in [-0.4, -0.2) is 7.11 Å². The maximum atomic E-state index is 5.36. The van der Waals surface area contributed by atoms with E-state index in [1.165, 1.54) is 5.56 Å². The molecule has 2 rings (SSSR count). The Balaban J connectivity index is 2.03. The molecule has 0 saturated carbocycles. The van der Waals surface area contributed by atoms with Crippen LogP contribution in [0.5, 0.6) is 5.75 Å². The van der Waals surface area contributed by atoms with Crippen molar-refractivity contribution in [3.8, 4) is 5.75 Å². The van der Waals surface area contributed by atoms with Crippen LogP contribution < -0.4 is 10.1 Å². The SMILES string of the molecule is C=CC[C@@H]([NH2+]Cc1ccco1)c1ccc(OC)cc1. The van der Waals surface area contributed by atoms with Gasteiger partial charge in [-0.25, -0.2) is 0 Å². The zero-order valence-corrected chi connectivity index (χ0v) is 11.2. The summed E-state index contributed by atoms with van der Waals surface area (Å²) in [6.07, 6.45) is 4.58. The Morgan fingerprint density at radius 1 is 1.32 bits per heavy atom. The number of quaternary nitrogens is 1. The second kappa shape index (κ2) is 6.81. The monoisotopic (exact) mass is 258 g/mol. The number of rotatable bonds is 7. The number of hydrogen-bond acceptors (Lipinski definition) is 2. The van der Waals surface area contributed by atoms with Gasteiger partial charge in [0.2, 0.25) is 0 Å². The van der Waals surface area contributed by atoms with Crippen LogP contribution >= 0.6 is 0 Å². The van der Waals surface area contributed by atoms with E-state index in [-0.39, 0.29) is 0 Å². The van der Waals surface area contributed by atoms with Gasteiger partial charge in [0.05, 0.1) is 13.4 Å². The summed E-state index contributed by atoms with van der Waals surface area (Å²) in [5.74, 6) is 1.87. The van der Waals surface area contributed by atoms with E-state index in [2.05, 4.69) is 24.0 Å². The number of ether oxygens (including phenoxy) is 1. The average Bonchev–Trinajstić information content (AvgIpc) is 2.97. The van der Waals surface area contributed by atoms with Crippen LogP contribution in [0.2, 0.25) is 0 Å². The van der Waals surface area contributed by atoms with Crippen LogP contribution in [0.15, 0.2) is 59.7 Å². The lowest BCUT2D eigenvalue weighted by Crippen LogP contribution is -2.83. The third kappa shape index (κ3) is 3.73. The molecule has 2 N–H and O–H groups in total. The molecule has 2 aromatic rings. The molecule has 0 aliphatic carbocycles. The number of benzene rings is 1. The van der Waals surface area contributed by atoms with Crippen molar-refractivity contribution in [2.75, 3.05) is 7.11 Å². The molecule has 0 aliphatic heterocycles. The lowest BCUT2D eigenvalue weighted by atomic mass is 10.0. The zero-order valence-electron chi connectivity index (χ0n) is 11.2. The molecular weight excluding hydrogens is 238 g/mol. The van der Waals surface area contributed by atoms with Crippen molar-refractivity contribution in [2.24, 2.45) is 0 Å². The summed E-state index contributed by atoms with van der Waals surface area (Å²) in [5.41, 5.74) is 1.27. The van der Waals surface area contributed by atoms with E-state index in [0.29, 0.717) is 6.04 Å². The molecule has 0 saturated heterocycles. The van der Waals surface area contributed by atoms with Crippen LogP contribution in [0, 0.1) is 0 Å². The number of nitrogens with two attached hydrogens (primary N) is 1. The normalized spacial score (nSPS) is 12.1. The van der Waals surface area contributed by atoms with Crippen molar-refractivity contribution in [1.82, 2.24) is 0 Å². The lowest BCUT2D eigenvalue weighted by molar-refractivity contribution is -0.712. The van der Waals surface area contributed by atoms with E-state index in [1.807, 2.05) is 30.3 Å². The largest absolute Gasteiger partial charge is 0.497 e. The van der Waals surface area contributed by atoms with Crippen LogP contribution in [0.4, 0.5) is 0 Å². The summed E-state index contributed by atoms with van der Waals surface area (Å²) in [6.45, 7) is 4.67. The van der Waals surface area contributed by atoms with E-state index >= 15 is 0 Å². The molecule has 0 radical (unpaired) electrons. The summed E-state index contributed by atoms with van der Waals surface area (Å²) in [6, 6.07) is 12.5. The standard InChI is InChI=1S/C16H19NO2/c1-3-5-16(17-12-15-6-4-11-19-15)13-7-9-14(18-2)10-8-13/h3-4,6-11,16-17H,1,5,12H2,2H3/p+1/t16-/m1/s1. The fraction of sp³-hybridized carbons (Fsp3) is 0.250. The Hall–Kier alpha value is -2.00. The minimum Gasteiger partial charge on any atom is -0.497 e. The van der Waals surface area contributed by atoms with Gasteiger partial charge >= 0.3 is 0 Å². The number of methoxy groups -OCH3 is 1. The molecule has 0 aliphatic rings. The Labute approximate surface area is 113 Å². The van der Waals surface area contributed by atoms with E-state index in [9.17, 15) is 0 Å². The molecule has 1 atom stereocenters. The van der Waals surface area contributed by atoms with Gasteiger partial charge in [-0.15, -0.1) is 6.58 Å². The molecule has 0 bridgehead atoms. The van der Waals surface area contributed by atoms with Crippen molar-refractivity contribution < 1.29 is 14.5 Å². The molecule has 0 spiro atoms. The highest BCUT2D eigenvalue weighted by atomic mass is 16.5. The molecule has 0 fully saturated rings. The van der Waals surface area contributed by atoms with E-state index < -0.39 is 0 Å². The minimum absolute atomic E-state index is 0.355. The van der Waals surface area contributed by atoms with Gasteiger partial charge in [-0.3, -0.25) is 0 Å². The second-order valence-electron chi connectivity index (χ2n) is 4.42. The predicted molar refractivity (Wildman–Crippen MR) is 74.9 cm³/mol. The summed E-state index contributed by atoms with van der Waals surface area (Å²) in [7, 11) is 1.68. The summed E-state index contributed by atoms with van der Waals surface area (Å²) >= 11 is 0. The topological polar surface area (TPSA) is 39.0 Å². The number of hydrogen-bond donors (Lipinski definition) is 1. The Morgan fingerprint density at radius 3 is 2.68 bits per heavy atom. The fourth-order valence-electron chi connectivity index (χ4n) is 2.09. The molecule has 19 heavy (non-hydrogen) atoms. The van der Waals surface area contributed by atoms with E-state index in [0.717, 1.165) is 24.5 Å². The van der Waals surface area contributed by atoms with Crippen molar-refractivity contribution in [1.29, 1.82) is 0 Å². The third-order valence-corrected chi connectivity index (χ3v) is 3.15. The highest BCUT2D eigenvalue weighted by Gasteiger charge is 2.13.